The number of hydrogen-bond acceptors (Lipinski definition) is 5. The van der Waals surface area contributed by atoms with Crippen LogP contribution in [-0.4, -0.2) is 40.7 Å². The summed E-state index contributed by atoms with van der Waals surface area (Å²) in [5.74, 6) is 1.44. The van der Waals surface area contributed by atoms with E-state index >= 15 is 0 Å². The third kappa shape index (κ3) is 4.16. The van der Waals surface area contributed by atoms with Crippen LogP contribution in [0.4, 0.5) is 5.82 Å². The lowest BCUT2D eigenvalue weighted by atomic mass is 9.95. The summed E-state index contributed by atoms with van der Waals surface area (Å²) in [6, 6.07) is 9.30. The number of pyridine rings is 1. The first-order valence-electron chi connectivity index (χ1n) is 10.7. The zero-order valence-corrected chi connectivity index (χ0v) is 17.5. The number of nitrogen functional groups attached to an aromatic ring is 1. The van der Waals surface area contributed by atoms with Crippen LogP contribution in [0, 0.1) is 0 Å². The van der Waals surface area contributed by atoms with Gasteiger partial charge in [-0.1, -0.05) is 18.2 Å². The topological polar surface area (TPSA) is 95.1 Å². The van der Waals surface area contributed by atoms with E-state index in [1.54, 1.807) is 7.11 Å². The van der Waals surface area contributed by atoms with Crippen molar-refractivity contribution < 1.29 is 9.53 Å². The number of anilines is 1. The highest BCUT2D eigenvalue weighted by atomic mass is 16.5. The summed E-state index contributed by atoms with van der Waals surface area (Å²) in [5.41, 5.74) is 11.3. The number of benzene rings is 1. The number of aryl methyl sites for hydroxylation is 3. The zero-order chi connectivity index (χ0) is 20.9. The molecule has 7 heteroatoms. The Kier molecular flexibility index (Phi) is 6.28. The average molecular weight is 408 g/mol. The molecule has 1 aromatic carbocycles. The van der Waals surface area contributed by atoms with Crippen LogP contribution >= 0.6 is 0 Å². The Balaban J connectivity index is 1.55. The van der Waals surface area contributed by atoms with Crippen molar-refractivity contribution in [3.05, 3.63) is 53.0 Å². The summed E-state index contributed by atoms with van der Waals surface area (Å²) in [4.78, 5) is 21.8. The predicted molar refractivity (Wildman–Crippen MR) is 118 cm³/mol. The number of ether oxygens (including phenoxy) is 1. The van der Waals surface area contributed by atoms with Crippen molar-refractivity contribution in [3.63, 3.8) is 0 Å². The number of hydrogen-bond donors (Lipinski definition) is 2. The number of carbonyl (C=O) groups is 1. The third-order valence-electron chi connectivity index (χ3n) is 5.68. The molecule has 1 aliphatic carbocycles. The van der Waals surface area contributed by atoms with Crippen LogP contribution in [0.15, 0.2) is 30.3 Å². The molecular formula is C23H29N5O2. The van der Waals surface area contributed by atoms with Crippen LogP contribution in [-0.2, 0) is 30.5 Å². The van der Waals surface area contributed by atoms with Gasteiger partial charge in [0.05, 0.1) is 12.1 Å². The average Bonchev–Trinajstić information content (AvgIpc) is 3.15. The van der Waals surface area contributed by atoms with Crippen LogP contribution < -0.4 is 11.1 Å². The second-order valence-electron chi connectivity index (χ2n) is 7.72. The summed E-state index contributed by atoms with van der Waals surface area (Å²) in [5, 5.41) is 3.01. The lowest BCUT2D eigenvalue weighted by Gasteiger charge is -2.18. The van der Waals surface area contributed by atoms with Crippen LogP contribution in [0.1, 0.15) is 46.7 Å². The van der Waals surface area contributed by atoms with Gasteiger partial charge in [-0.3, -0.25) is 4.79 Å². The molecule has 7 nitrogen and oxygen atoms in total. The molecule has 0 fully saturated rings. The van der Waals surface area contributed by atoms with E-state index in [9.17, 15) is 4.79 Å². The van der Waals surface area contributed by atoms with Crippen molar-refractivity contribution in [2.75, 3.05) is 26.0 Å². The summed E-state index contributed by atoms with van der Waals surface area (Å²) < 4.78 is 7.56. The Labute approximate surface area is 176 Å². The largest absolute Gasteiger partial charge is 0.384 e. The van der Waals surface area contributed by atoms with E-state index < -0.39 is 0 Å². The van der Waals surface area contributed by atoms with Gasteiger partial charge in [0, 0.05) is 37.9 Å². The van der Waals surface area contributed by atoms with Crippen LogP contribution in [0.2, 0.25) is 0 Å². The van der Waals surface area contributed by atoms with Gasteiger partial charge in [-0.2, -0.15) is 0 Å². The van der Waals surface area contributed by atoms with Crippen LogP contribution in [0.25, 0.3) is 11.0 Å². The standard InChI is InChI=1S/C23H29N5O2/c1-30-15-12-19-27-20-21(17-10-5-6-11-18(17)26-22(20)24)28(19)14-7-13-25-23(29)16-8-3-2-4-9-16/h2-4,8-9H,5-7,10-15H2,1H3,(H2,24,26)(H,25,29). The van der Waals surface area contributed by atoms with Gasteiger partial charge in [-0.15, -0.1) is 0 Å². The maximum Gasteiger partial charge on any atom is 0.251 e. The van der Waals surface area contributed by atoms with Gasteiger partial charge < -0.3 is 20.4 Å². The Hall–Kier alpha value is -2.93. The molecule has 0 aliphatic heterocycles. The van der Waals surface area contributed by atoms with E-state index in [1.807, 2.05) is 30.3 Å². The second kappa shape index (κ2) is 9.26. The molecule has 0 saturated carbocycles. The number of nitrogens with two attached hydrogens (primary N) is 1. The molecule has 0 radical (unpaired) electrons. The number of nitrogens with one attached hydrogen (secondary N) is 1. The third-order valence-corrected chi connectivity index (χ3v) is 5.68. The molecule has 1 aliphatic rings. The molecule has 1 amide bonds. The highest BCUT2D eigenvalue weighted by molar-refractivity contribution is 5.94. The maximum atomic E-state index is 12.3. The number of imidazole rings is 1. The lowest BCUT2D eigenvalue weighted by Crippen LogP contribution is -2.25. The highest BCUT2D eigenvalue weighted by Crippen LogP contribution is 2.31. The molecule has 158 valence electrons. The number of nitrogens with zero attached hydrogens (tertiary/aromatic N) is 3. The highest BCUT2D eigenvalue weighted by Gasteiger charge is 2.22. The fraction of sp³-hybridized carbons (Fsp3) is 0.435. The molecule has 3 aromatic rings. The van der Waals surface area contributed by atoms with Gasteiger partial charge in [0.15, 0.2) is 5.82 Å². The minimum absolute atomic E-state index is 0.0449. The van der Waals surface area contributed by atoms with Crippen molar-refractivity contribution in [3.8, 4) is 0 Å². The van der Waals surface area contributed by atoms with Gasteiger partial charge >= 0.3 is 0 Å². The zero-order valence-electron chi connectivity index (χ0n) is 17.5. The van der Waals surface area contributed by atoms with Gasteiger partial charge in [0.2, 0.25) is 0 Å². The van der Waals surface area contributed by atoms with Crippen molar-refractivity contribution in [2.45, 2.75) is 45.1 Å². The van der Waals surface area contributed by atoms with Crippen molar-refractivity contribution >= 4 is 22.8 Å². The number of carbonyl (C=O) groups excluding carboxylic acids is 1. The molecule has 0 spiro atoms. The minimum Gasteiger partial charge on any atom is -0.384 e. The summed E-state index contributed by atoms with van der Waals surface area (Å²) in [6.07, 6.45) is 5.83. The summed E-state index contributed by atoms with van der Waals surface area (Å²) >= 11 is 0. The van der Waals surface area contributed by atoms with Crippen LogP contribution in [0.3, 0.4) is 0 Å². The van der Waals surface area contributed by atoms with Gasteiger partial charge in [0.25, 0.3) is 5.91 Å². The smallest absolute Gasteiger partial charge is 0.251 e. The Bertz CT molecular complexity index is 1030. The number of aromatic nitrogens is 3. The van der Waals surface area contributed by atoms with E-state index in [0.717, 1.165) is 61.2 Å². The van der Waals surface area contributed by atoms with Gasteiger partial charge in [0.1, 0.15) is 11.3 Å². The van der Waals surface area contributed by atoms with E-state index in [2.05, 4.69) is 14.9 Å². The Morgan fingerprint density at radius 3 is 2.80 bits per heavy atom. The molecule has 2 heterocycles. The first kappa shape index (κ1) is 20.3. The quantitative estimate of drug-likeness (QED) is 0.560. The molecular weight excluding hydrogens is 378 g/mol. The number of fused-ring (bicyclic) bond motifs is 3. The normalized spacial score (nSPS) is 13.4. The summed E-state index contributed by atoms with van der Waals surface area (Å²) in [7, 11) is 1.70. The molecule has 4 rings (SSSR count). The first-order valence-corrected chi connectivity index (χ1v) is 10.7. The maximum absolute atomic E-state index is 12.3. The number of amides is 1. The lowest BCUT2D eigenvalue weighted by molar-refractivity contribution is 0.0953. The molecule has 0 bridgehead atoms. The molecule has 0 unspecified atom stereocenters. The monoisotopic (exact) mass is 407 g/mol. The van der Waals surface area contributed by atoms with E-state index in [0.29, 0.717) is 24.5 Å². The molecule has 3 N–H and O–H groups in total. The number of methoxy groups -OCH3 is 1. The van der Waals surface area contributed by atoms with E-state index in [-0.39, 0.29) is 5.91 Å². The predicted octanol–water partition coefficient (Wildman–Crippen LogP) is 2.90. The number of rotatable bonds is 8. The van der Waals surface area contributed by atoms with E-state index in [4.69, 9.17) is 15.5 Å². The fourth-order valence-corrected chi connectivity index (χ4v) is 4.21. The fourth-order valence-electron chi connectivity index (χ4n) is 4.21. The van der Waals surface area contributed by atoms with E-state index in [1.165, 1.54) is 12.0 Å². The SMILES string of the molecule is COCCc1nc2c(N)nc3c(c2n1CCCNC(=O)c1ccccc1)CCCC3. The van der Waals surface area contributed by atoms with Gasteiger partial charge in [-0.25, -0.2) is 9.97 Å². The molecule has 0 saturated heterocycles. The molecule has 30 heavy (non-hydrogen) atoms. The van der Waals surface area contributed by atoms with Gasteiger partial charge in [-0.05, 0) is 49.8 Å². The van der Waals surface area contributed by atoms with Crippen molar-refractivity contribution in [2.24, 2.45) is 0 Å². The van der Waals surface area contributed by atoms with Crippen molar-refractivity contribution in [1.82, 2.24) is 19.9 Å². The van der Waals surface area contributed by atoms with Crippen molar-refractivity contribution in [1.29, 1.82) is 0 Å². The first-order chi connectivity index (χ1) is 14.7. The Morgan fingerprint density at radius 1 is 1.20 bits per heavy atom. The Morgan fingerprint density at radius 2 is 2.00 bits per heavy atom. The molecule has 0 atom stereocenters. The summed E-state index contributed by atoms with van der Waals surface area (Å²) in [6.45, 7) is 1.96. The molecule has 2 aromatic heterocycles. The van der Waals surface area contributed by atoms with Crippen LogP contribution in [0.5, 0.6) is 0 Å². The minimum atomic E-state index is -0.0449. The second-order valence-corrected chi connectivity index (χ2v) is 7.72.